The molecule has 0 atom stereocenters. The molecule has 0 spiro atoms. The summed E-state index contributed by atoms with van der Waals surface area (Å²) in [5.74, 6) is -0.346. The van der Waals surface area contributed by atoms with Crippen LogP contribution in [0, 0.1) is 6.92 Å². The lowest BCUT2D eigenvalue weighted by atomic mass is 10.0. The summed E-state index contributed by atoms with van der Waals surface area (Å²) in [4.78, 5) is 16.1. The van der Waals surface area contributed by atoms with Gasteiger partial charge in [-0.15, -0.1) is 0 Å². The Labute approximate surface area is 123 Å². The highest BCUT2D eigenvalue weighted by Gasteiger charge is 2.09. The number of aryl methyl sites for hydroxylation is 1. The number of imidazole rings is 1. The van der Waals surface area contributed by atoms with Gasteiger partial charge in [0.2, 0.25) is 0 Å². The Kier molecular flexibility index (Phi) is 3.44. The molecule has 0 aliphatic carbocycles. The van der Waals surface area contributed by atoms with Gasteiger partial charge in [-0.1, -0.05) is 24.3 Å². The number of ether oxygens (including phenoxy) is 1. The van der Waals surface area contributed by atoms with Gasteiger partial charge in [0.05, 0.1) is 18.4 Å². The first kappa shape index (κ1) is 13.4. The lowest BCUT2D eigenvalue weighted by molar-refractivity contribution is 0.0600. The van der Waals surface area contributed by atoms with Crippen molar-refractivity contribution in [2.24, 2.45) is 0 Å². The van der Waals surface area contributed by atoms with E-state index in [2.05, 4.69) is 24.0 Å². The van der Waals surface area contributed by atoms with Crippen LogP contribution in [-0.4, -0.2) is 22.5 Å². The summed E-state index contributed by atoms with van der Waals surface area (Å²) in [6.45, 7) is 2.10. The molecular formula is C17H16N2O2. The largest absolute Gasteiger partial charge is 0.465 e. The summed E-state index contributed by atoms with van der Waals surface area (Å²) in [5, 5.41) is 0. The predicted octanol–water partition coefficient (Wildman–Crippen LogP) is 3.02. The molecule has 0 saturated carbocycles. The van der Waals surface area contributed by atoms with Crippen molar-refractivity contribution in [1.29, 1.82) is 0 Å². The Morgan fingerprint density at radius 1 is 1.29 bits per heavy atom. The first-order chi connectivity index (χ1) is 10.2. The van der Waals surface area contributed by atoms with Crippen LogP contribution in [0.2, 0.25) is 0 Å². The summed E-state index contributed by atoms with van der Waals surface area (Å²) in [7, 11) is 1.38. The van der Waals surface area contributed by atoms with Crippen molar-refractivity contribution in [3.63, 3.8) is 0 Å². The molecule has 4 nitrogen and oxygen atoms in total. The van der Waals surface area contributed by atoms with Crippen molar-refractivity contribution in [2.45, 2.75) is 13.3 Å². The third kappa shape index (κ3) is 2.65. The molecule has 21 heavy (non-hydrogen) atoms. The van der Waals surface area contributed by atoms with E-state index in [0.29, 0.717) is 5.56 Å². The van der Waals surface area contributed by atoms with Gasteiger partial charge in [0.1, 0.15) is 5.65 Å². The number of rotatable bonds is 3. The van der Waals surface area contributed by atoms with Gasteiger partial charge in [0.15, 0.2) is 0 Å². The quantitative estimate of drug-likeness (QED) is 0.693. The van der Waals surface area contributed by atoms with Crippen LogP contribution in [-0.2, 0) is 11.2 Å². The zero-order valence-corrected chi connectivity index (χ0v) is 12.0. The third-order valence-corrected chi connectivity index (χ3v) is 3.56. The van der Waals surface area contributed by atoms with Crippen LogP contribution in [0.1, 0.15) is 27.2 Å². The van der Waals surface area contributed by atoms with Crippen LogP contribution in [0.3, 0.4) is 0 Å². The molecule has 0 aliphatic rings. The van der Waals surface area contributed by atoms with Crippen LogP contribution in [0.15, 0.2) is 48.8 Å². The fourth-order valence-electron chi connectivity index (χ4n) is 2.37. The number of carbonyl (C=O) groups is 1. The van der Waals surface area contributed by atoms with Crippen LogP contribution in [0.5, 0.6) is 0 Å². The standard InChI is InChI=1S/C17H16N2O2/c1-12-5-3-4-6-13(12)9-15-11-19-8-7-14(17(20)21-2)10-16(19)18-15/h3-8,10-11H,9H2,1-2H3. The predicted molar refractivity (Wildman–Crippen MR) is 80.5 cm³/mol. The van der Waals surface area contributed by atoms with Crippen molar-refractivity contribution >= 4 is 11.6 Å². The van der Waals surface area contributed by atoms with E-state index < -0.39 is 0 Å². The minimum atomic E-state index is -0.346. The highest BCUT2D eigenvalue weighted by atomic mass is 16.5. The van der Waals surface area contributed by atoms with E-state index in [0.717, 1.165) is 17.8 Å². The van der Waals surface area contributed by atoms with Crippen LogP contribution < -0.4 is 0 Å². The second kappa shape index (κ2) is 5.40. The Morgan fingerprint density at radius 2 is 2.10 bits per heavy atom. The fraction of sp³-hybridized carbons (Fsp3) is 0.176. The molecule has 0 amide bonds. The molecule has 0 bridgehead atoms. The summed E-state index contributed by atoms with van der Waals surface area (Å²) in [6, 6.07) is 11.8. The Bertz CT molecular complexity index is 805. The van der Waals surface area contributed by atoms with Crippen molar-refractivity contribution in [1.82, 2.24) is 9.38 Å². The highest BCUT2D eigenvalue weighted by Crippen LogP contribution is 2.15. The number of benzene rings is 1. The number of hydrogen-bond donors (Lipinski definition) is 0. The van der Waals surface area contributed by atoms with E-state index in [1.54, 1.807) is 12.1 Å². The monoisotopic (exact) mass is 280 g/mol. The van der Waals surface area contributed by atoms with E-state index in [4.69, 9.17) is 4.74 Å². The van der Waals surface area contributed by atoms with E-state index in [-0.39, 0.29) is 5.97 Å². The number of esters is 1. The molecule has 2 heterocycles. The number of methoxy groups -OCH3 is 1. The molecule has 2 aromatic heterocycles. The van der Waals surface area contributed by atoms with Crippen LogP contribution in [0.4, 0.5) is 0 Å². The summed E-state index contributed by atoms with van der Waals surface area (Å²) in [5.41, 5.74) is 4.75. The second-order valence-electron chi connectivity index (χ2n) is 5.01. The molecule has 4 heteroatoms. The van der Waals surface area contributed by atoms with Crippen LogP contribution >= 0.6 is 0 Å². The average molecular weight is 280 g/mol. The van der Waals surface area contributed by atoms with Gasteiger partial charge in [-0.2, -0.15) is 0 Å². The van der Waals surface area contributed by atoms with Gasteiger partial charge in [0.25, 0.3) is 0 Å². The normalized spacial score (nSPS) is 10.8. The molecule has 0 fully saturated rings. The van der Waals surface area contributed by atoms with Gasteiger partial charge in [0, 0.05) is 18.8 Å². The summed E-state index contributed by atoms with van der Waals surface area (Å²) >= 11 is 0. The van der Waals surface area contributed by atoms with E-state index >= 15 is 0 Å². The molecule has 1 aromatic carbocycles. The fourth-order valence-corrected chi connectivity index (χ4v) is 2.37. The van der Waals surface area contributed by atoms with Crippen LogP contribution in [0.25, 0.3) is 5.65 Å². The minimum Gasteiger partial charge on any atom is -0.465 e. The lowest BCUT2D eigenvalue weighted by Gasteiger charge is -2.01. The first-order valence-electron chi connectivity index (χ1n) is 6.78. The SMILES string of the molecule is COC(=O)c1ccn2cc(Cc3ccccc3C)nc2c1. The first-order valence-corrected chi connectivity index (χ1v) is 6.78. The van der Waals surface area contributed by atoms with E-state index in [9.17, 15) is 4.79 Å². The molecule has 3 rings (SSSR count). The van der Waals surface area contributed by atoms with Gasteiger partial charge in [-0.25, -0.2) is 9.78 Å². The number of nitrogens with zero attached hydrogens (tertiary/aromatic N) is 2. The highest BCUT2D eigenvalue weighted by molar-refractivity contribution is 5.90. The molecule has 0 aliphatic heterocycles. The maximum atomic E-state index is 11.5. The third-order valence-electron chi connectivity index (χ3n) is 3.56. The maximum Gasteiger partial charge on any atom is 0.338 e. The summed E-state index contributed by atoms with van der Waals surface area (Å²) < 4.78 is 6.64. The van der Waals surface area contributed by atoms with E-state index in [1.807, 2.05) is 28.9 Å². The van der Waals surface area contributed by atoms with Gasteiger partial charge in [-0.3, -0.25) is 0 Å². The minimum absolute atomic E-state index is 0.346. The molecule has 0 radical (unpaired) electrons. The zero-order valence-electron chi connectivity index (χ0n) is 12.0. The molecule has 0 N–H and O–H groups in total. The Morgan fingerprint density at radius 3 is 2.86 bits per heavy atom. The average Bonchev–Trinajstić information content (AvgIpc) is 2.90. The number of fused-ring (bicyclic) bond motifs is 1. The van der Waals surface area contributed by atoms with Crippen molar-refractivity contribution in [2.75, 3.05) is 7.11 Å². The lowest BCUT2D eigenvalue weighted by Crippen LogP contribution is -2.01. The van der Waals surface area contributed by atoms with Crippen molar-refractivity contribution in [3.8, 4) is 0 Å². The van der Waals surface area contributed by atoms with Gasteiger partial charge >= 0.3 is 5.97 Å². The number of carbonyl (C=O) groups excluding carboxylic acids is 1. The smallest absolute Gasteiger partial charge is 0.338 e. The Hall–Kier alpha value is -2.62. The molecule has 3 aromatic rings. The maximum absolute atomic E-state index is 11.5. The number of hydrogen-bond acceptors (Lipinski definition) is 3. The van der Waals surface area contributed by atoms with Crippen molar-refractivity contribution in [3.05, 3.63) is 71.2 Å². The van der Waals surface area contributed by atoms with Gasteiger partial charge in [-0.05, 0) is 30.2 Å². The van der Waals surface area contributed by atoms with Crippen molar-refractivity contribution < 1.29 is 9.53 Å². The number of pyridine rings is 1. The molecule has 0 saturated heterocycles. The summed E-state index contributed by atoms with van der Waals surface area (Å²) in [6.07, 6.45) is 4.60. The molecular weight excluding hydrogens is 264 g/mol. The van der Waals surface area contributed by atoms with Gasteiger partial charge < -0.3 is 9.14 Å². The topological polar surface area (TPSA) is 43.6 Å². The van der Waals surface area contributed by atoms with E-state index in [1.165, 1.54) is 18.2 Å². The Balaban J connectivity index is 1.94. The number of aromatic nitrogens is 2. The molecule has 0 unspecified atom stereocenters. The zero-order chi connectivity index (χ0) is 14.8. The second-order valence-corrected chi connectivity index (χ2v) is 5.01. The molecule has 106 valence electrons.